The molecule has 1 nitrogen and oxygen atoms in total. The zero-order valence-corrected chi connectivity index (χ0v) is 22.3. The molecule has 0 unspecified atom stereocenters. The fraction of sp³-hybridized carbons (Fsp3) is 0. The molecular formula is C38H22OS. The molecule has 1 aromatic heterocycles. The van der Waals surface area contributed by atoms with Crippen LogP contribution in [-0.2, 0) is 0 Å². The van der Waals surface area contributed by atoms with E-state index in [4.69, 9.17) is 4.42 Å². The van der Waals surface area contributed by atoms with Crippen LogP contribution in [0.4, 0.5) is 0 Å². The smallest absolute Gasteiger partial charge is 0.143 e. The van der Waals surface area contributed by atoms with E-state index >= 15 is 0 Å². The lowest BCUT2D eigenvalue weighted by molar-refractivity contribution is 0.673. The van der Waals surface area contributed by atoms with Crippen molar-refractivity contribution in [2.45, 2.75) is 9.79 Å². The Kier molecular flexibility index (Phi) is 4.61. The zero-order valence-electron chi connectivity index (χ0n) is 21.5. The Morgan fingerprint density at radius 2 is 1.20 bits per heavy atom. The maximum absolute atomic E-state index is 6.46. The Labute approximate surface area is 235 Å². The molecule has 1 aliphatic rings. The van der Waals surface area contributed by atoms with Gasteiger partial charge in [-0.1, -0.05) is 109 Å². The molecule has 0 amide bonds. The van der Waals surface area contributed by atoms with Crippen molar-refractivity contribution in [3.8, 4) is 33.4 Å². The molecule has 7 aromatic carbocycles. The number of hydrogen-bond donors (Lipinski definition) is 0. The van der Waals surface area contributed by atoms with Crippen molar-refractivity contribution in [3.05, 3.63) is 133 Å². The van der Waals surface area contributed by atoms with Crippen LogP contribution in [0.25, 0.3) is 76.9 Å². The molecule has 40 heavy (non-hydrogen) atoms. The third-order valence-corrected chi connectivity index (χ3v) is 9.39. The molecule has 2 heterocycles. The van der Waals surface area contributed by atoms with Gasteiger partial charge in [0.05, 0.1) is 0 Å². The highest BCUT2D eigenvalue weighted by atomic mass is 32.2. The minimum Gasteiger partial charge on any atom is -0.455 e. The maximum Gasteiger partial charge on any atom is 0.143 e. The lowest BCUT2D eigenvalue weighted by Gasteiger charge is -2.21. The van der Waals surface area contributed by atoms with E-state index in [9.17, 15) is 0 Å². The summed E-state index contributed by atoms with van der Waals surface area (Å²) in [6, 6.07) is 48.3. The van der Waals surface area contributed by atoms with Crippen LogP contribution in [0.1, 0.15) is 0 Å². The van der Waals surface area contributed by atoms with E-state index in [1.165, 1.54) is 64.7 Å². The summed E-state index contributed by atoms with van der Waals surface area (Å²) in [4.78, 5) is 2.65. The third kappa shape index (κ3) is 3.17. The number of benzene rings is 7. The number of rotatable bonds is 2. The average Bonchev–Trinajstić information content (AvgIpc) is 3.41. The largest absolute Gasteiger partial charge is 0.455 e. The molecule has 0 fully saturated rings. The van der Waals surface area contributed by atoms with Crippen LogP contribution in [0, 0.1) is 0 Å². The summed E-state index contributed by atoms with van der Waals surface area (Å²) in [5.74, 6) is 0. The standard InChI is InChI=1S/C38H22OS/c1-2-12-29-23(7-1)17-19-31-37-28(13-6-15-33(37)39-38(29)31)27-11-3-10-25(21-27)26-18-20-34-32(22-26)30-14-4-8-24-9-5-16-35(40-34)36(24)30/h1-22H. The van der Waals surface area contributed by atoms with Gasteiger partial charge in [-0.15, -0.1) is 0 Å². The Bertz CT molecular complexity index is 2300. The van der Waals surface area contributed by atoms with Gasteiger partial charge in [0.15, 0.2) is 0 Å². The van der Waals surface area contributed by atoms with Crippen molar-refractivity contribution in [1.82, 2.24) is 0 Å². The van der Waals surface area contributed by atoms with Crippen LogP contribution >= 0.6 is 11.8 Å². The lowest BCUT2D eigenvalue weighted by Crippen LogP contribution is -1.93. The van der Waals surface area contributed by atoms with Gasteiger partial charge in [0.2, 0.25) is 0 Å². The monoisotopic (exact) mass is 526 g/mol. The fourth-order valence-corrected chi connectivity index (χ4v) is 7.53. The second kappa shape index (κ2) is 8.35. The predicted molar refractivity (Wildman–Crippen MR) is 169 cm³/mol. The van der Waals surface area contributed by atoms with Gasteiger partial charge in [0.25, 0.3) is 0 Å². The van der Waals surface area contributed by atoms with E-state index in [1.807, 2.05) is 11.8 Å². The normalized spacial score (nSPS) is 12.4. The van der Waals surface area contributed by atoms with Gasteiger partial charge < -0.3 is 4.42 Å². The van der Waals surface area contributed by atoms with E-state index < -0.39 is 0 Å². The summed E-state index contributed by atoms with van der Waals surface area (Å²) in [5, 5.41) is 7.34. The van der Waals surface area contributed by atoms with Gasteiger partial charge >= 0.3 is 0 Å². The minimum atomic E-state index is 0.923. The highest BCUT2D eigenvalue weighted by Gasteiger charge is 2.20. The first-order valence-corrected chi connectivity index (χ1v) is 14.4. The molecule has 0 N–H and O–H groups in total. The SMILES string of the molecule is c1cc(-c2ccc3c(c2)-c2cccc4cccc(c24)S3)cc(-c2cccc3oc4c5ccccc5ccc4c23)c1. The summed E-state index contributed by atoms with van der Waals surface area (Å²) in [5.41, 5.74) is 9.34. The van der Waals surface area contributed by atoms with Crippen molar-refractivity contribution in [3.63, 3.8) is 0 Å². The summed E-state index contributed by atoms with van der Waals surface area (Å²) in [7, 11) is 0. The molecule has 2 heteroatoms. The summed E-state index contributed by atoms with van der Waals surface area (Å²) < 4.78 is 6.46. The number of fused-ring (bicyclic) bond motifs is 7. The predicted octanol–water partition coefficient (Wildman–Crippen LogP) is 11.4. The summed E-state index contributed by atoms with van der Waals surface area (Å²) >= 11 is 1.87. The van der Waals surface area contributed by atoms with Gasteiger partial charge in [0, 0.05) is 31.3 Å². The van der Waals surface area contributed by atoms with E-state index in [1.54, 1.807) is 0 Å². The van der Waals surface area contributed by atoms with Gasteiger partial charge in [0.1, 0.15) is 11.2 Å². The number of furan rings is 1. The Morgan fingerprint density at radius 1 is 0.425 bits per heavy atom. The second-order valence-corrected chi connectivity index (χ2v) is 11.6. The molecule has 186 valence electrons. The van der Waals surface area contributed by atoms with Crippen molar-refractivity contribution < 1.29 is 4.42 Å². The molecule has 0 spiro atoms. The van der Waals surface area contributed by atoms with Crippen molar-refractivity contribution in [2.75, 3.05) is 0 Å². The third-order valence-electron chi connectivity index (χ3n) is 8.25. The molecule has 0 saturated carbocycles. The van der Waals surface area contributed by atoms with Gasteiger partial charge in [-0.2, -0.15) is 0 Å². The van der Waals surface area contributed by atoms with E-state index in [-0.39, 0.29) is 0 Å². The number of hydrogen-bond acceptors (Lipinski definition) is 2. The van der Waals surface area contributed by atoms with Gasteiger partial charge in [-0.25, -0.2) is 0 Å². The van der Waals surface area contributed by atoms with E-state index in [0.29, 0.717) is 0 Å². The molecule has 0 bridgehead atoms. The average molecular weight is 527 g/mol. The zero-order chi connectivity index (χ0) is 26.2. The second-order valence-electron chi connectivity index (χ2n) is 10.5. The quantitative estimate of drug-likeness (QED) is 0.222. The molecule has 0 aliphatic carbocycles. The van der Waals surface area contributed by atoms with Crippen LogP contribution in [0.3, 0.4) is 0 Å². The molecule has 1 aliphatic heterocycles. The van der Waals surface area contributed by atoms with Crippen LogP contribution < -0.4 is 0 Å². The van der Waals surface area contributed by atoms with Crippen molar-refractivity contribution in [2.24, 2.45) is 0 Å². The van der Waals surface area contributed by atoms with Crippen LogP contribution in [0.15, 0.2) is 148 Å². The van der Waals surface area contributed by atoms with Gasteiger partial charge in [-0.3, -0.25) is 0 Å². The fourth-order valence-electron chi connectivity index (χ4n) is 6.40. The molecule has 0 atom stereocenters. The van der Waals surface area contributed by atoms with Crippen molar-refractivity contribution >= 4 is 55.2 Å². The molecule has 0 saturated heterocycles. The van der Waals surface area contributed by atoms with Crippen LogP contribution in [0.2, 0.25) is 0 Å². The van der Waals surface area contributed by atoms with Gasteiger partial charge in [-0.05, 0) is 80.6 Å². The van der Waals surface area contributed by atoms with Crippen LogP contribution in [-0.4, -0.2) is 0 Å². The van der Waals surface area contributed by atoms with E-state index in [2.05, 4.69) is 133 Å². The first-order chi connectivity index (χ1) is 19.8. The summed E-state index contributed by atoms with van der Waals surface area (Å²) in [6.45, 7) is 0. The Morgan fingerprint density at radius 3 is 2.17 bits per heavy atom. The first kappa shape index (κ1) is 22.1. The molecular weight excluding hydrogens is 504 g/mol. The molecule has 9 rings (SSSR count). The van der Waals surface area contributed by atoms with E-state index in [0.717, 1.165) is 21.9 Å². The Balaban J connectivity index is 1.21. The maximum atomic E-state index is 6.46. The molecule has 0 radical (unpaired) electrons. The minimum absolute atomic E-state index is 0.923. The summed E-state index contributed by atoms with van der Waals surface area (Å²) in [6.07, 6.45) is 0. The Hall–Kier alpha value is -4.79. The molecule has 8 aromatic rings. The van der Waals surface area contributed by atoms with Crippen molar-refractivity contribution in [1.29, 1.82) is 0 Å². The highest BCUT2D eigenvalue weighted by Crippen LogP contribution is 2.49. The highest BCUT2D eigenvalue weighted by molar-refractivity contribution is 7.99. The van der Waals surface area contributed by atoms with Crippen LogP contribution in [0.5, 0.6) is 0 Å². The topological polar surface area (TPSA) is 13.1 Å². The first-order valence-electron chi connectivity index (χ1n) is 13.6. The lowest BCUT2D eigenvalue weighted by atomic mass is 9.92.